The van der Waals surface area contributed by atoms with Gasteiger partial charge in [0.25, 0.3) is 0 Å². The largest absolute Gasteiger partial charge is 0.334 e. The minimum absolute atomic E-state index is 0.0510. The van der Waals surface area contributed by atoms with Gasteiger partial charge in [0.1, 0.15) is 0 Å². The molecule has 0 radical (unpaired) electrons. The molecule has 2 atom stereocenters. The molecule has 1 nitrogen and oxygen atoms in total. The highest BCUT2D eigenvalue weighted by Crippen LogP contribution is 2.62. The van der Waals surface area contributed by atoms with E-state index >= 15 is 0 Å². The third kappa shape index (κ3) is 3.57. The Morgan fingerprint density at radius 3 is 1.76 bits per heavy atom. The van der Waals surface area contributed by atoms with Crippen molar-refractivity contribution in [3.8, 4) is 22.3 Å². The molecule has 1 saturated carbocycles. The zero-order valence-corrected chi connectivity index (χ0v) is 26.7. The minimum atomic E-state index is -0.363. The van der Waals surface area contributed by atoms with E-state index in [2.05, 4.69) is 170 Å². The second kappa shape index (κ2) is 10.1. The van der Waals surface area contributed by atoms with Gasteiger partial charge in [0.15, 0.2) is 0 Å². The lowest BCUT2D eigenvalue weighted by Gasteiger charge is -2.50. The van der Waals surface area contributed by atoms with Crippen LogP contribution in [0.25, 0.3) is 22.3 Å². The third-order valence-corrected chi connectivity index (χ3v) is 11.9. The van der Waals surface area contributed by atoms with Crippen LogP contribution in [-0.2, 0) is 10.8 Å². The molecule has 0 aromatic heterocycles. The van der Waals surface area contributed by atoms with Gasteiger partial charge in [-0.3, -0.25) is 0 Å². The Kier molecular flexibility index (Phi) is 6.00. The highest BCUT2D eigenvalue weighted by Gasteiger charge is 2.57. The van der Waals surface area contributed by atoms with Crippen LogP contribution in [0.15, 0.2) is 152 Å². The molecule has 0 N–H and O–H groups in total. The number of rotatable bonds is 4. The number of nitrogens with zero attached hydrogens (tertiary/aromatic N) is 1. The summed E-state index contributed by atoms with van der Waals surface area (Å²) in [6, 6.07) is 56.8. The van der Waals surface area contributed by atoms with Crippen LogP contribution in [0.2, 0.25) is 0 Å². The monoisotopic (exact) mass is 593 g/mol. The summed E-state index contributed by atoms with van der Waals surface area (Å²) < 4.78 is 0. The fourth-order valence-electron chi connectivity index (χ4n) is 9.52. The maximum Gasteiger partial charge on any atom is 0.0713 e. The van der Waals surface area contributed by atoms with E-state index in [1.54, 1.807) is 0 Å². The van der Waals surface area contributed by atoms with E-state index in [1.807, 2.05) is 0 Å². The maximum absolute atomic E-state index is 2.66. The van der Waals surface area contributed by atoms with Crippen molar-refractivity contribution in [1.29, 1.82) is 0 Å². The Bertz CT molecular complexity index is 2040. The van der Waals surface area contributed by atoms with Gasteiger partial charge < -0.3 is 4.90 Å². The number of para-hydroxylation sites is 1. The predicted octanol–water partition coefficient (Wildman–Crippen LogP) is 11.5. The fraction of sp³-hybridized carbons (Fsp3) is 0.200. The van der Waals surface area contributed by atoms with E-state index in [0.717, 1.165) is 0 Å². The van der Waals surface area contributed by atoms with Crippen molar-refractivity contribution in [1.82, 2.24) is 0 Å². The van der Waals surface area contributed by atoms with Crippen molar-refractivity contribution in [2.24, 2.45) is 0 Å². The van der Waals surface area contributed by atoms with Crippen LogP contribution in [0.3, 0.4) is 0 Å². The van der Waals surface area contributed by atoms with Crippen LogP contribution in [0.5, 0.6) is 0 Å². The van der Waals surface area contributed by atoms with E-state index < -0.39 is 0 Å². The summed E-state index contributed by atoms with van der Waals surface area (Å²) in [6.07, 6.45) is 5.00. The van der Waals surface area contributed by atoms with Crippen molar-refractivity contribution < 1.29 is 0 Å². The first-order valence-electron chi connectivity index (χ1n) is 16.9. The van der Waals surface area contributed by atoms with E-state index in [4.69, 9.17) is 0 Å². The lowest BCUT2D eigenvalue weighted by atomic mass is 9.61. The topological polar surface area (TPSA) is 3.24 Å². The van der Waals surface area contributed by atoms with Gasteiger partial charge in [-0.05, 0) is 100 Å². The number of hydrogen-bond acceptors (Lipinski definition) is 1. The van der Waals surface area contributed by atoms with Crippen molar-refractivity contribution in [2.45, 2.75) is 55.9 Å². The smallest absolute Gasteiger partial charge is 0.0713 e. The summed E-state index contributed by atoms with van der Waals surface area (Å²) in [6.45, 7) is 5.04. The molecule has 1 aliphatic heterocycles. The third-order valence-electron chi connectivity index (χ3n) is 11.9. The molecular formula is C45H39N. The van der Waals surface area contributed by atoms with Crippen molar-refractivity contribution in [3.63, 3.8) is 0 Å². The SMILES string of the molecule is CC12CCCCC1(C)N(c1ccccc1)c1ccc(-c3ccc4c(c3)-c3ccccc3C4(c3ccccc3)c3ccccc3)cc12. The quantitative estimate of drug-likeness (QED) is 0.196. The Balaban J connectivity index is 1.24. The predicted molar refractivity (Wildman–Crippen MR) is 192 cm³/mol. The van der Waals surface area contributed by atoms with E-state index in [9.17, 15) is 0 Å². The minimum Gasteiger partial charge on any atom is -0.334 e. The molecule has 2 unspecified atom stereocenters. The normalized spacial score (nSPS) is 22.1. The highest BCUT2D eigenvalue weighted by atomic mass is 15.3. The van der Waals surface area contributed by atoms with Gasteiger partial charge in [-0.2, -0.15) is 0 Å². The molecule has 0 spiro atoms. The van der Waals surface area contributed by atoms with E-state index in [1.165, 1.54) is 87.1 Å². The zero-order chi connectivity index (χ0) is 30.9. The molecule has 1 heteroatoms. The summed E-state index contributed by atoms with van der Waals surface area (Å²) >= 11 is 0. The Labute approximate surface area is 273 Å². The summed E-state index contributed by atoms with van der Waals surface area (Å²) in [5, 5.41) is 0. The van der Waals surface area contributed by atoms with Gasteiger partial charge in [-0.25, -0.2) is 0 Å². The zero-order valence-electron chi connectivity index (χ0n) is 26.7. The Morgan fingerprint density at radius 1 is 0.478 bits per heavy atom. The number of fused-ring (bicyclic) bond motifs is 6. The summed E-state index contributed by atoms with van der Waals surface area (Å²) in [4.78, 5) is 2.66. The standard InChI is InChI=1S/C45H39N/c1-43-28-14-15-29-44(43,2)46(36-20-10-5-11-21-36)42-27-25-33(31-41(42)43)32-24-26-40-38(30-32)37-22-12-13-23-39(37)45(40,34-16-6-3-7-17-34)35-18-8-4-9-19-35/h3-13,16-27,30-31H,14-15,28-29H2,1-2H3. The first kappa shape index (κ1) is 27.4. The molecule has 224 valence electrons. The van der Waals surface area contributed by atoms with E-state index in [0.29, 0.717) is 0 Å². The molecule has 0 amide bonds. The molecular weight excluding hydrogens is 555 g/mol. The lowest BCUT2D eigenvalue weighted by Crippen LogP contribution is -2.54. The number of anilines is 2. The Morgan fingerprint density at radius 2 is 1.04 bits per heavy atom. The first-order chi connectivity index (χ1) is 22.6. The molecule has 3 aliphatic rings. The molecule has 46 heavy (non-hydrogen) atoms. The molecule has 0 saturated heterocycles. The van der Waals surface area contributed by atoms with Gasteiger partial charge in [-0.1, -0.05) is 141 Å². The van der Waals surface area contributed by atoms with E-state index in [-0.39, 0.29) is 16.4 Å². The lowest BCUT2D eigenvalue weighted by molar-refractivity contribution is 0.195. The van der Waals surface area contributed by atoms with Crippen molar-refractivity contribution in [2.75, 3.05) is 4.90 Å². The van der Waals surface area contributed by atoms with Gasteiger partial charge in [0.2, 0.25) is 0 Å². The summed E-state index contributed by atoms with van der Waals surface area (Å²) in [5.41, 5.74) is 14.5. The van der Waals surface area contributed by atoms with Crippen LogP contribution in [0.1, 0.15) is 67.3 Å². The van der Waals surface area contributed by atoms with Crippen LogP contribution in [-0.4, -0.2) is 5.54 Å². The van der Waals surface area contributed by atoms with Crippen LogP contribution in [0, 0.1) is 0 Å². The Hall–Kier alpha value is -4.88. The number of hydrogen-bond donors (Lipinski definition) is 0. The van der Waals surface area contributed by atoms with Crippen molar-refractivity contribution in [3.05, 3.63) is 179 Å². The second-order valence-corrected chi connectivity index (χ2v) is 14.0. The van der Waals surface area contributed by atoms with Crippen LogP contribution < -0.4 is 4.90 Å². The van der Waals surface area contributed by atoms with Crippen LogP contribution in [0.4, 0.5) is 11.4 Å². The average molecular weight is 594 g/mol. The molecule has 9 rings (SSSR count). The fourth-order valence-corrected chi connectivity index (χ4v) is 9.52. The maximum atomic E-state index is 2.66. The van der Waals surface area contributed by atoms with Crippen molar-refractivity contribution >= 4 is 11.4 Å². The summed E-state index contributed by atoms with van der Waals surface area (Å²) in [5.74, 6) is 0. The van der Waals surface area contributed by atoms with Gasteiger partial charge in [0, 0.05) is 16.8 Å². The first-order valence-corrected chi connectivity index (χ1v) is 16.9. The second-order valence-electron chi connectivity index (χ2n) is 14.0. The van der Waals surface area contributed by atoms with Crippen LogP contribution >= 0.6 is 0 Å². The van der Waals surface area contributed by atoms with Gasteiger partial charge >= 0.3 is 0 Å². The number of benzene rings is 6. The summed E-state index contributed by atoms with van der Waals surface area (Å²) in [7, 11) is 0. The highest BCUT2D eigenvalue weighted by molar-refractivity contribution is 5.89. The van der Waals surface area contributed by atoms with Gasteiger partial charge in [-0.15, -0.1) is 0 Å². The molecule has 2 aliphatic carbocycles. The molecule has 0 bridgehead atoms. The molecule has 6 aromatic rings. The molecule has 1 heterocycles. The molecule has 1 fully saturated rings. The van der Waals surface area contributed by atoms with Gasteiger partial charge in [0.05, 0.1) is 11.0 Å². The molecule has 6 aromatic carbocycles. The average Bonchev–Trinajstić information content (AvgIpc) is 3.52.